The Hall–Kier alpha value is -1.88. The molecule has 0 unspecified atom stereocenters. The van der Waals surface area contributed by atoms with Crippen LogP contribution in [0.15, 0.2) is 47.4 Å². The first kappa shape index (κ1) is 19.4. The lowest BCUT2D eigenvalue weighted by Gasteiger charge is -2.16. The van der Waals surface area contributed by atoms with Gasteiger partial charge in [0.25, 0.3) is 0 Å². The molecule has 0 aromatic heterocycles. The maximum atomic E-state index is 13.0. The molecule has 134 valence electrons. The van der Waals surface area contributed by atoms with E-state index in [-0.39, 0.29) is 20.7 Å². The summed E-state index contributed by atoms with van der Waals surface area (Å²) in [6.45, 7) is 0. The molecular weight excluding hydrogens is 399 g/mol. The summed E-state index contributed by atoms with van der Waals surface area (Å²) < 4.78 is 61.4. The van der Waals surface area contributed by atoms with Gasteiger partial charge in [-0.2, -0.15) is 13.2 Å². The molecule has 0 heterocycles. The monoisotopic (exact) mass is 409 g/mol. The van der Waals surface area contributed by atoms with Crippen LogP contribution < -0.4 is 15.8 Å². The average Bonchev–Trinajstić information content (AvgIpc) is 2.47. The van der Waals surface area contributed by atoms with E-state index in [0.717, 1.165) is 12.1 Å². The first-order valence-electron chi connectivity index (χ1n) is 6.54. The SMILES string of the molecule is NS(=O)(=O)c1ccc(NC(=S)Nc2ccc(Cl)cc2C(F)(F)F)cc1. The van der Waals surface area contributed by atoms with Gasteiger partial charge in [0.15, 0.2) is 5.11 Å². The van der Waals surface area contributed by atoms with Gasteiger partial charge in [0.1, 0.15) is 0 Å². The van der Waals surface area contributed by atoms with Crippen LogP contribution in [0.25, 0.3) is 0 Å². The molecule has 0 spiro atoms. The number of halogens is 4. The third kappa shape index (κ3) is 5.30. The first-order chi connectivity index (χ1) is 11.5. The summed E-state index contributed by atoms with van der Waals surface area (Å²) in [5.41, 5.74) is -0.864. The third-order valence-corrected chi connectivity index (χ3v) is 4.34. The number of rotatable bonds is 3. The highest BCUT2D eigenvalue weighted by atomic mass is 35.5. The van der Waals surface area contributed by atoms with E-state index < -0.39 is 21.8 Å². The fourth-order valence-electron chi connectivity index (χ4n) is 1.87. The molecule has 0 saturated carbocycles. The molecule has 2 aromatic carbocycles. The van der Waals surface area contributed by atoms with E-state index in [9.17, 15) is 21.6 Å². The number of anilines is 2. The van der Waals surface area contributed by atoms with E-state index in [1.54, 1.807) is 0 Å². The number of hydrogen-bond acceptors (Lipinski definition) is 3. The Balaban J connectivity index is 2.16. The van der Waals surface area contributed by atoms with Gasteiger partial charge in [-0.05, 0) is 54.7 Å². The number of sulfonamides is 1. The molecule has 0 atom stereocenters. The predicted octanol–water partition coefficient (Wildman–Crippen LogP) is 3.82. The molecule has 25 heavy (non-hydrogen) atoms. The molecule has 11 heteroatoms. The Bertz CT molecular complexity index is 901. The molecule has 5 nitrogen and oxygen atoms in total. The molecular formula is C14H11ClF3N3O2S2. The molecule has 0 aliphatic heterocycles. The largest absolute Gasteiger partial charge is 0.418 e. The van der Waals surface area contributed by atoms with Gasteiger partial charge in [-0.3, -0.25) is 0 Å². The Morgan fingerprint density at radius 2 is 1.68 bits per heavy atom. The van der Waals surface area contributed by atoms with Gasteiger partial charge in [0, 0.05) is 10.7 Å². The van der Waals surface area contributed by atoms with Crippen LogP contribution in [-0.2, 0) is 16.2 Å². The van der Waals surface area contributed by atoms with E-state index >= 15 is 0 Å². The lowest BCUT2D eigenvalue weighted by atomic mass is 10.1. The molecule has 4 N–H and O–H groups in total. The van der Waals surface area contributed by atoms with Crippen molar-refractivity contribution in [2.24, 2.45) is 5.14 Å². The zero-order valence-electron chi connectivity index (χ0n) is 12.3. The van der Waals surface area contributed by atoms with Crippen molar-refractivity contribution in [3.8, 4) is 0 Å². The second-order valence-corrected chi connectivity index (χ2v) is 7.24. The van der Waals surface area contributed by atoms with Crippen LogP contribution in [0.2, 0.25) is 5.02 Å². The second kappa shape index (κ2) is 7.16. The minimum Gasteiger partial charge on any atom is -0.332 e. The van der Waals surface area contributed by atoms with Crippen LogP contribution in [-0.4, -0.2) is 13.5 Å². The van der Waals surface area contributed by atoms with Gasteiger partial charge in [0.2, 0.25) is 10.0 Å². The molecule has 0 radical (unpaired) electrons. The summed E-state index contributed by atoms with van der Waals surface area (Å²) in [6, 6.07) is 8.47. The van der Waals surface area contributed by atoms with Gasteiger partial charge < -0.3 is 10.6 Å². The maximum Gasteiger partial charge on any atom is 0.418 e. The number of nitrogens with two attached hydrogens (primary N) is 1. The Labute approximate surface area is 152 Å². The molecule has 0 bridgehead atoms. The van der Waals surface area contributed by atoms with Gasteiger partial charge >= 0.3 is 6.18 Å². The van der Waals surface area contributed by atoms with Crippen LogP contribution >= 0.6 is 23.8 Å². The Kier molecular flexibility index (Phi) is 5.57. The molecule has 0 aliphatic carbocycles. The van der Waals surface area contributed by atoms with E-state index in [0.29, 0.717) is 5.69 Å². The smallest absolute Gasteiger partial charge is 0.332 e. The van der Waals surface area contributed by atoms with Crippen molar-refractivity contribution in [3.63, 3.8) is 0 Å². The highest BCUT2D eigenvalue weighted by Gasteiger charge is 2.34. The number of benzene rings is 2. The first-order valence-corrected chi connectivity index (χ1v) is 8.88. The van der Waals surface area contributed by atoms with Crippen molar-refractivity contribution >= 4 is 50.3 Å². The zero-order chi connectivity index (χ0) is 18.8. The Morgan fingerprint density at radius 3 is 2.20 bits per heavy atom. The lowest BCUT2D eigenvalue weighted by molar-refractivity contribution is -0.136. The van der Waals surface area contributed by atoms with Crippen LogP contribution in [0.4, 0.5) is 24.5 Å². The topological polar surface area (TPSA) is 84.2 Å². The highest BCUT2D eigenvalue weighted by Crippen LogP contribution is 2.36. The summed E-state index contributed by atoms with van der Waals surface area (Å²) in [7, 11) is -3.84. The van der Waals surface area contributed by atoms with Gasteiger partial charge in [0.05, 0.1) is 16.1 Å². The lowest BCUT2D eigenvalue weighted by Crippen LogP contribution is -2.21. The van der Waals surface area contributed by atoms with Gasteiger partial charge in [-0.1, -0.05) is 11.6 Å². The van der Waals surface area contributed by atoms with Crippen LogP contribution in [0, 0.1) is 0 Å². The number of nitrogens with one attached hydrogen (secondary N) is 2. The normalized spacial score (nSPS) is 11.9. The van der Waals surface area contributed by atoms with Crippen molar-refractivity contribution in [2.75, 3.05) is 10.6 Å². The van der Waals surface area contributed by atoms with E-state index in [1.807, 2.05) is 0 Å². The van der Waals surface area contributed by atoms with Crippen LogP contribution in [0.3, 0.4) is 0 Å². The third-order valence-electron chi connectivity index (χ3n) is 2.98. The van der Waals surface area contributed by atoms with Gasteiger partial charge in [-0.25, -0.2) is 13.6 Å². The van der Waals surface area contributed by atoms with Crippen molar-refractivity contribution < 1.29 is 21.6 Å². The van der Waals surface area contributed by atoms with Crippen molar-refractivity contribution in [3.05, 3.63) is 53.1 Å². The number of primary sulfonamides is 1. The second-order valence-electron chi connectivity index (χ2n) is 4.84. The molecule has 0 amide bonds. The molecule has 0 fully saturated rings. The summed E-state index contributed by atoms with van der Waals surface area (Å²) in [5.74, 6) is 0. The zero-order valence-corrected chi connectivity index (χ0v) is 14.7. The van der Waals surface area contributed by atoms with E-state index in [2.05, 4.69) is 10.6 Å². The summed E-state index contributed by atoms with van der Waals surface area (Å²) >= 11 is 10.6. The number of alkyl halides is 3. The number of thiocarbonyl (C=S) groups is 1. The molecule has 2 aromatic rings. The summed E-state index contributed by atoms with van der Waals surface area (Å²) in [6.07, 6.45) is -4.61. The molecule has 2 rings (SSSR count). The Morgan fingerprint density at radius 1 is 1.08 bits per heavy atom. The highest BCUT2D eigenvalue weighted by molar-refractivity contribution is 7.89. The van der Waals surface area contributed by atoms with Crippen LogP contribution in [0.5, 0.6) is 0 Å². The standard InChI is InChI=1S/C14H11ClF3N3O2S2/c15-8-1-6-12(11(7-8)14(16,17)18)21-13(24)20-9-2-4-10(5-3-9)25(19,22)23/h1-7H,(H2,19,22,23)(H2,20,21,24). The van der Waals surface area contributed by atoms with Crippen molar-refractivity contribution in [1.82, 2.24) is 0 Å². The van der Waals surface area contributed by atoms with Crippen molar-refractivity contribution in [1.29, 1.82) is 0 Å². The summed E-state index contributed by atoms with van der Waals surface area (Å²) in [5, 5.41) is 9.88. The van der Waals surface area contributed by atoms with Crippen molar-refractivity contribution in [2.45, 2.75) is 11.1 Å². The molecule has 0 saturated heterocycles. The fourth-order valence-corrected chi connectivity index (χ4v) is 2.79. The average molecular weight is 410 g/mol. The van der Waals surface area contributed by atoms with E-state index in [4.69, 9.17) is 29.0 Å². The van der Waals surface area contributed by atoms with E-state index in [1.165, 1.54) is 30.3 Å². The minimum atomic E-state index is -4.61. The molecule has 0 aliphatic rings. The number of hydrogen-bond donors (Lipinski definition) is 3. The fraction of sp³-hybridized carbons (Fsp3) is 0.0714. The maximum absolute atomic E-state index is 13.0. The minimum absolute atomic E-state index is 0.0599. The summed E-state index contributed by atoms with van der Waals surface area (Å²) in [4.78, 5) is -0.103. The quantitative estimate of drug-likeness (QED) is 0.671. The van der Waals surface area contributed by atoms with Crippen LogP contribution in [0.1, 0.15) is 5.56 Å². The predicted molar refractivity (Wildman–Crippen MR) is 94.1 cm³/mol. The van der Waals surface area contributed by atoms with Gasteiger partial charge in [-0.15, -0.1) is 0 Å².